The van der Waals surface area contributed by atoms with Crippen LogP contribution >= 0.6 is 0 Å². The molecule has 0 spiro atoms. The Morgan fingerprint density at radius 2 is 1.76 bits per heavy atom. The highest BCUT2D eigenvalue weighted by Gasteiger charge is 2.41. The number of ether oxygens (including phenoxy) is 2. The van der Waals surface area contributed by atoms with Crippen molar-refractivity contribution in [3.63, 3.8) is 0 Å². The maximum absolute atomic E-state index is 13.2. The van der Waals surface area contributed by atoms with Gasteiger partial charge in [0.2, 0.25) is 5.88 Å². The van der Waals surface area contributed by atoms with Crippen LogP contribution in [0, 0.1) is 0 Å². The molecule has 2 atom stereocenters. The summed E-state index contributed by atoms with van der Waals surface area (Å²) in [6, 6.07) is 21.1. The quantitative estimate of drug-likeness (QED) is 0.527. The minimum atomic E-state index is -0.202. The van der Waals surface area contributed by atoms with Crippen LogP contribution in [-0.2, 0) is 4.74 Å². The molecule has 3 aromatic rings. The van der Waals surface area contributed by atoms with Crippen molar-refractivity contribution < 1.29 is 14.3 Å². The molecule has 1 fully saturated rings. The number of carbonyl (C=O) groups is 1. The second kappa shape index (κ2) is 8.07. The summed E-state index contributed by atoms with van der Waals surface area (Å²) in [6.45, 7) is 0.362. The summed E-state index contributed by atoms with van der Waals surface area (Å²) in [7, 11) is 1.63. The lowest BCUT2D eigenvalue weighted by molar-refractivity contribution is 0.0866. The third-order valence-electron chi connectivity index (χ3n) is 7.26. The number of hydrogen-bond donors (Lipinski definition) is 0. The fourth-order valence-electron chi connectivity index (χ4n) is 5.72. The Kier molecular flexibility index (Phi) is 4.90. The topological polar surface area (TPSA) is 51.7 Å². The van der Waals surface area contributed by atoms with Crippen LogP contribution in [0.5, 0.6) is 5.88 Å². The maximum Gasteiger partial charge on any atom is 0.410 e. The first-order valence-corrected chi connectivity index (χ1v) is 11.6. The fraction of sp³-hybridized carbons (Fsp3) is 0.286. The maximum atomic E-state index is 13.2. The van der Waals surface area contributed by atoms with Gasteiger partial charge in [-0.1, -0.05) is 54.6 Å². The van der Waals surface area contributed by atoms with E-state index in [1.165, 1.54) is 27.8 Å². The van der Waals surface area contributed by atoms with Gasteiger partial charge in [-0.2, -0.15) is 0 Å². The molecule has 1 aromatic heterocycles. The van der Waals surface area contributed by atoms with Crippen molar-refractivity contribution >= 4 is 11.7 Å². The minimum Gasteiger partial charge on any atom is -0.481 e. The number of amides is 1. The highest BCUT2D eigenvalue weighted by atomic mass is 16.6. The van der Waals surface area contributed by atoms with Crippen LogP contribution in [0.2, 0.25) is 0 Å². The molecule has 2 unspecified atom stereocenters. The predicted molar refractivity (Wildman–Crippen MR) is 127 cm³/mol. The Morgan fingerprint density at radius 3 is 2.45 bits per heavy atom. The molecule has 2 aliphatic heterocycles. The highest BCUT2D eigenvalue weighted by Crippen LogP contribution is 2.45. The van der Waals surface area contributed by atoms with Crippen molar-refractivity contribution in [2.45, 2.75) is 37.3 Å². The van der Waals surface area contributed by atoms with Gasteiger partial charge in [-0.25, -0.2) is 9.78 Å². The summed E-state index contributed by atoms with van der Waals surface area (Å²) in [5.74, 6) is 0.693. The van der Waals surface area contributed by atoms with Crippen molar-refractivity contribution in [3.05, 3.63) is 89.6 Å². The number of benzene rings is 2. The molecule has 6 rings (SSSR count). The van der Waals surface area contributed by atoms with Crippen LogP contribution in [0.1, 0.15) is 41.9 Å². The standard InChI is InChI=1S/C28H26N2O3/c1-32-27-16-18(12-13-29-27)19-14-20-10-11-21(15-19)30(20)28(31)33-17-26-24-8-4-2-6-22(24)23-7-3-5-9-25(23)26/h2-9,12-14,16,20-21,26H,10-11,15,17H2,1H3. The molecule has 2 bridgehead atoms. The molecule has 5 nitrogen and oxygen atoms in total. The van der Waals surface area contributed by atoms with E-state index in [0.717, 1.165) is 24.8 Å². The monoisotopic (exact) mass is 438 g/mol. The van der Waals surface area contributed by atoms with E-state index in [-0.39, 0.29) is 24.1 Å². The summed E-state index contributed by atoms with van der Waals surface area (Å²) in [4.78, 5) is 19.4. The van der Waals surface area contributed by atoms with Gasteiger partial charge in [0.25, 0.3) is 0 Å². The van der Waals surface area contributed by atoms with Crippen molar-refractivity contribution in [1.82, 2.24) is 9.88 Å². The van der Waals surface area contributed by atoms with Crippen molar-refractivity contribution in [2.24, 2.45) is 0 Å². The summed E-state index contributed by atoms with van der Waals surface area (Å²) in [5, 5.41) is 0. The lowest BCUT2D eigenvalue weighted by atomic mass is 9.95. The van der Waals surface area contributed by atoms with Gasteiger partial charge in [-0.3, -0.25) is 4.90 Å². The summed E-state index contributed by atoms with van der Waals surface area (Å²) in [6.07, 6.45) is 6.59. The second-order valence-electron chi connectivity index (χ2n) is 8.99. The first kappa shape index (κ1) is 20.0. The van der Waals surface area contributed by atoms with E-state index in [9.17, 15) is 4.79 Å². The highest BCUT2D eigenvalue weighted by molar-refractivity contribution is 5.79. The van der Waals surface area contributed by atoms with Gasteiger partial charge in [0, 0.05) is 24.2 Å². The lowest BCUT2D eigenvalue weighted by Gasteiger charge is -2.33. The fourth-order valence-corrected chi connectivity index (χ4v) is 5.72. The third kappa shape index (κ3) is 3.39. The Bertz CT molecular complexity index is 1210. The number of rotatable bonds is 4. The van der Waals surface area contributed by atoms with Crippen LogP contribution in [0.3, 0.4) is 0 Å². The molecule has 0 saturated carbocycles. The first-order chi connectivity index (χ1) is 16.2. The molecule has 3 aliphatic rings. The van der Waals surface area contributed by atoms with Crippen molar-refractivity contribution in [2.75, 3.05) is 13.7 Å². The van der Waals surface area contributed by atoms with Crippen molar-refractivity contribution in [3.8, 4) is 17.0 Å². The molecule has 33 heavy (non-hydrogen) atoms. The summed E-state index contributed by atoms with van der Waals surface area (Å²) < 4.78 is 11.2. The summed E-state index contributed by atoms with van der Waals surface area (Å²) >= 11 is 0. The van der Waals surface area contributed by atoms with E-state index in [1.807, 2.05) is 17.0 Å². The van der Waals surface area contributed by atoms with Gasteiger partial charge in [-0.15, -0.1) is 0 Å². The Hall–Kier alpha value is -3.60. The molecular formula is C28H26N2O3. The number of hydrogen-bond acceptors (Lipinski definition) is 4. The van der Waals surface area contributed by atoms with Crippen LogP contribution in [0.4, 0.5) is 4.79 Å². The zero-order valence-corrected chi connectivity index (χ0v) is 18.6. The Labute approximate surface area is 193 Å². The number of methoxy groups -OCH3 is 1. The second-order valence-corrected chi connectivity index (χ2v) is 8.99. The molecule has 0 N–H and O–H groups in total. The smallest absolute Gasteiger partial charge is 0.410 e. The van der Waals surface area contributed by atoms with Crippen LogP contribution in [0.25, 0.3) is 16.7 Å². The molecule has 1 saturated heterocycles. The molecular weight excluding hydrogens is 412 g/mol. The van der Waals surface area contributed by atoms with E-state index in [1.54, 1.807) is 13.3 Å². The van der Waals surface area contributed by atoms with E-state index in [0.29, 0.717) is 12.5 Å². The van der Waals surface area contributed by atoms with Crippen molar-refractivity contribution in [1.29, 1.82) is 0 Å². The van der Waals surface area contributed by atoms with E-state index in [4.69, 9.17) is 9.47 Å². The molecule has 2 aromatic carbocycles. The van der Waals surface area contributed by atoms with Gasteiger partial charge in [0.05, 0.1) is 13.2 Å². The van der Waals surface area contributed by atoms with Crippen LogP contribution < -0.4 is 4.74 Å². The number of aromatic nitrogens is 1. The average molecular weight is 439 g/mol. The largest absolute Gasteiger partial charge is 0.481 e. The molecule has 1 aliphatic carbocycles. The van der Waals surface area contributed by atoms with Gasteiger partial charge in [0.15, 0.2) is 0 Å². The molecule has 0 radical (unpaired) electrons. The lowest BCUT2D eigenvalue weighted by Crippen LogP contribution is -2.43. The van der Waals surface area contributed by atoms with Gasteiger partial charge >= 0.3 is 6.09 Å². The van der Waals surface area contributed by atoms with E-state index < -0.39 is 0 Å². The zero-order valence-electron chi connectivity index (χ0n) is 18.6. The third-order valence-corrected chi connectivity index (χ3v) is 7.26. The molecule has 5 heteroatoms. The molecule has 166 valence electrons. The van der Waals surface area contributed by atoms with Gasteiger partial charge in [-0.05, 0) is 58.7 Å². The van der Waals surface area contributed by atoms with Crippen LogP contribution in [-0.4, -0.2) is 41.8 Å². The number of fused-ring (bicyclic) bond motifs is 5. The summed E-state index contributed by atoms with van der Waals surface area (Å²) in [5.41, 5.74) is 7.33. The van der Waals surface area contributed by atoms with Crippen LogP contribution in [0.15, 0.2) is 72.9 Å². The number of carbonyl (C=O) groups excluding carboxylic acids is 1. The zero-order chi connectivity index (χ0) is 22.4. The Balaban J connectivity index is 1.20. The number of pyridine rings is 1. The van der Waals surface area contributed by atoms with E-state index >= 15 is 0 Å². The first-order valence-electron chi connectivity index (χ1n) is 11.6. The molecule has 3 heterocycles. The normalized spacial score (nSPS) is 20.8. The number of nitrogens with zero attached hydrogens (tertiary/aromatic N) is 2. The van der Waals surface area contributed by atoms with E-state index in [2.05, 4.69) is 59.6 Å². The predicted octanol–water partition coefficient (Wildman–Crippen LogP) is 5.66. The SMILES string of the molecule is COc1cc(C2=CC3CCC(C2)N3C(=O)OCC2c3ccccc3-c3ccccc32)ccn1. The van der Waals surface area contributed by atoms with Gasteiger partial charge in [0.1, 0.15) is 6.61 Å². The minimum absolute atomic E-state index is 0.0774. The molecule has 1 amide bonds. The van der Waals surface area contributed by atoms with Gasteiger partial charge < -0.3 is 9.47 Å². The Morgan fingerprint density at radius 1 is 1.03 bits per heavy atom. The average Bonchev–Trinajstić information content (AvgIpc) is 3.33.